The SMILES string of the molecule is Cc1ccc(-c2nnc([C@H](C)OC(=O)c3ccc4c(c3)CCCC4)o2)cc1. The summed E-state index contributed by atoms with van der Waals surface area (Å²) < 4.78 is 11.2. The molecule has 3 aromatic rings. The predicted octanol–water partition coefficient (Wildman–Crippen LogP) is 4.84. The van der Waals surface area contributed by atoms with Gasteiger partial charge >= 0.3 is 5.97 Å². The highest BCUT2D eigenvalue weighted by Gasteiger charge is 2.21. The monoisotopic (exact) mass is 362 g/mol. The fourth-order valence-corrected chi connectivity index (χ4v) is 3.35. The summed E-state index contributed by atoms with van der Waals surface area (Å²) >= 11 is 0. The van der Waals surface area contributed by atoms with E-state index < -0.39 is 6.10 Å². The molecule has 0 spiro atoms. The van der Waals surface area contributed by atoms with E-state index in [9.17, 15) is 4.79 Å². The molecule has 27 heavy (non-hydrogen) atoms. The molecule has 0 aliphatic heterocycles. The number of hydrogen-bond acceptors (Lipinski definition) is 5. The Balaban J connectivity index is 1.46. The molecule has 1 aliphatic carbocycles. The van der Waals surface area contributed by atoms with Gasteiger partial charge in [-0.2, -0.15) is 0 Å². The van der Waals surface area contributed by atoms with Gasteiger partial charge in [-0.15, -0.1) is 10.2 Å². The summed E-state index contributed by atoms with van der Waals surface area (Å²) in [5, 5.41) is 8.10. The highest BCUT2D eigenvalue weighted by atomic mass is 16.6. The maximum Gasteiger partial charge on any atom is 0.338 e. The molecule has 0 fully saturated rings. The molecule has 0 saturated carbocycles. The number of nitrogens with zero attached hydrogens (tertiary/aromatic N) is 2. The molecule has 1 heterocycles. The third-order valence-electron chi connectivity index (χ3n) is 4.95. The average molecular weight is 362 g/mol. The topological polar surface area (TPSA) is 65.2 Å². The average Bonchev–Trinajstić information content (AvgIpc) is 3.18. The lowest BCUT2D eigenvalue weighted by Crippen LogP contribution is -2.11. The molecule has 4 rings (SSSR count). The maximum absolute atomic E-state index is 12.5. The van der Waals surface area contributed by atoms with Gasteiger partial charge in [-0.25, -0.2) is 4.79 Å². The van der Waals surface area contributed by atoms with E-state index in [1.165, 1.54) is 24.0 Å². The number of aromatic nitrogens is 2. The Morgan fingerprint density at radius 1 is 1.04 bits per heavy atom. The Labute approximate surface area is 158 Å². The van der Waals surface area contributed by atoms with Crippen LogP contribution in [0.5, 0.6) is 0 Å². The van der Waals surface area contributed by atoms with Crippen molar-refractivity contribution in [3.8, 4) is 11.5 Å². The molecule has 1 aliphatic rings. The second kappa shape index (κ2) is 7.35. The standard InChI is InChI=1S/C22H22N2O3/c1-14-7-9-17(10-8-14)21-24-23-20(27-21)15(2)26-22(25)19-12-11-16-5-3-4-6-18(16)13-19/h7-13,15H,3-6H2,1-2H3/t15-/m0/s1. The first-order chi connectivity index (χ1) is 13.1. The van der Waals surface area contributed by atoms with Gasteiger partial charge in [0.05, 0.1) is 5.56 Å². The normalized spacial score (nSPS) is 14.4. The Morgan fingerprint density at radius 3 is 2.56 bits per heavy atom. The Hall–Kier alpha value is -2.95. The summed E-state index contributed by atoms with van der Waals surface area (Å²) in [6, 6.07) is 13.7. The molecule has 0 amide bonds. The van der Waals surface area contributed by atoms with Crippen LogP contribution in [0.4, 0.5) is 0 Å². The van der Waals surface area contributed by atoms with Gasteiger partial charge in [0.2, 0.25) is 5.89 Å². The van der Waals surface area contributed by atoms with Crippen LogP contribution in [0.3, 0.4) is 0 Å². The van der Waals surface area contributed by atoms with Crippen molar-refractivity contribution in [3.05, 3.63) is 70.6 Å². The van der Waals surface area contributed by atoms with Crippen LogP contribution in [0.1, 0.15) is 58.8 Å². The fourth-order valence-electron chi connectivity index (χ4n) is 3.35. The Bertz CT molecular complexity index is 960. The van der Waals surface area contributed by atoms with Crippen LogP contribution in [0, 0.1) is 6.92 Å². The van der Waals surface area contributed by atoms with Gasteiger partial charge in [0.25, 0.3) is 5.89 Å². The van der Waals surface area contributed by atoms with Crippen molar-refractivity contribution in [1.82, 2.24) is 10.2 Å². The number of ether oxygens (including phenoxy) is 1. The van der Waals surface area contributed by atoms with E-state index in [1.54, 1.807) is 6.92 Å². The molecule has 1 aromatic heterocycles. The van der Waals surface area contributed by atoms with E-state index in [4.69, 9.17) is 9.15 Å². The van der Waals surface area contributed by atoms with E-state index >= 15 is 0 Å². The Kier molecular flexibility index (Phi) is 4.75. The molecule has 0 N–H and O–H groups in total. The molecule has 1 atom stereocenters. The van der Waals surface area contributed by atoms with Gasteiger partial charge in [0.1, 0.15) is 0 Å². The summed E-state index contributed by atoms with van der Waals surface area (Å²) in [5.74, 6) is 0.338. The second-order valence-electron chi connectivity index (χ2n) is 7.05. The fraction of sp³-hybridized carbons (Fsp3) is 0.318. The lowest BCUT2D eigenvalue weighted by atomic mass is 9.90. The largest absolute Gasteiger partial charge is 0.449 e. The third-order valence-corrected chi connectivity index (χ3v) is 4.95. The van der Waals surface area contributed by atoms with Crippen LogP contribution >= 0.6 is 0 Å². The number of aryl methyl sites for hydroxylation is 3. The van der Waals surface area contributed by atoms with Crippen LogP contribution in [-0.4, -0.2) is 16.2 Å². The van der Waals surface area contributed by atoms with Crippen LogP contribution in [0.25, 0.3) is 11.5 Å². The van der Waals surface area contributed by atoms with Crippen molar-refractivity contribution >= 4 is 5.97 Å². The second-order valence-corrected chi connectivity index (χ2v) is 7.05. The first-order valence-electron chi connectivity index (χ1n) is 9.33. The molecular weight excluding hydrogens is 340 g/mol. The zero-order valence-electron chi connectivity index (χ0n) is 15.6. The van der Waals surface area contributed by atoms with E-state index in [-0.39, 0.29) is 11.9 Å². The predicted molar refractivity (Wildman–Crippen MR) is 101 cm³/mol. The van der Waals surface area contributed by atoms with Crippen LogP contribution in [0.15, 0.2) is 46.9 Å². The highest BCUT2D eigenvalue weighted by Crippen LogP contribution is 2.25. The minimum absolute atomic E-state index is 0.289. The van der Waals surface area contributed by atoms with Gasteiger partial charge in [0, 0.05) is 5.56 Å². The van der Waals surface area contributed by atoms with Gasteiger partial charge in [-0.05, 0) is 74.9 Å². The van der Waals surface area contributed by atoms with Crippen molar-refractivity contribution in [1.29, 1.82) is 0 Å². The molecule has 5 heteroatoms. The minimum atomic E-state index is -0.611. The summed E-state index contributed by atoms with van der Waals surface area (Å²) in [7, 11) is 0. The van der Waals surface area contributed by atoms with E-state index in [0.717, 1.165) is 24.0 Å². The van der Waals surface area contributed by atoms with Crippen molar-refractivity contribution in [2.75, 3.05) is 0 Å². The van der Waals surface area contributed by atoms with Crippen LogP contribution < -0.4 is 0 Å². The van der Waals surface area contributed by atoms with Crippen LogP contribution in [0.2, 0.25) is 0 Å². The number of fused-ring (bicyclic) bond motifs is 1. The first-order valence-corrected chi connectivity index (χ1v) is 9.33. The van der Waals surface area contributed by atoms with Gasteiger partial charge in [-0.3, -0.25) is 0 Å². The number of benzene rings is 2. The zero-order chi connectivity index (χ0) is 18.8. The summed E-state index contributed by atoms with van der Waals surface area (Å²) in [5.41, 5.74) is 5.16. The molecule has 0 saturated heterocycles. The summed E-state index contributed by atoms with van der Waals surface area (Å²) in [6.45, 7) is 3.76. The molecule has 138 valence electrons. The molecular formula is C22H22N2O3. The lowest BCUT2D eigenvalue weighted by molar-refractivity contribution is 0.0279. The van der Waals surface area contributed by atoms with Crippen molar-refractivity contribution < 1.29 is 13.9 Å². The van der Waals surface area contributed by atoms with E-state index in [1.807, 2.05) is 49.4 Å². The number of esters is 1. The third kappa shape index (κ3) is 3.77. The number of carbonyl (C=O) groups is 1. The van der Waals surface area contributed by atoms with Crippen LogP contribution in [-0.2, 0) is 17.6 Å². The molecule has 5 nitrogen and oxygen atoms in total. The van der Waals surface area contributed by atoms with Gasteiger partial charge in [-0.1, -0.05) is 23.8 Å². The molecule has 0 unspecified atom stereocenters. The van der Waals surface area contributed by atoms with Gasteiger partial charge < -0.3 is 9.15 Å². The quantitative estimate of drug-likeness (QED) is 0.621. The zero-order valence-corrected chi connectivity index (χ0v) is 15.6. The molecule has 0 bridgehead atoms. The lowest BCUT2D eigenvalue weighted by Gasteiger charge is -2.16. The highest BCUT2D eigenvalue weighted by molar-refractivity contribution is 5.89. The number of rotatable bonds is 4. The summed E-state index contributed by atoms with van der Waals surface area (Å²) in [4.78, 5) is 12.5. The summed E-state index contributed by atoms with van der Waals surface area (Å²) in [6.07, 6.45) is 3.89. The maximum atomic E-state index is 12.5. The first kappa shape index (κ1) is 17.5. The van der Waals surface area contributed by atoms with Gasteiger partial charge in [0.15, 0.2) is 6.10 Å². The molecule has 2 aromatic carbocycles. The van der Waals surface area contributed by atoms with Crippen molar-refractivity contribution in [3.63, 3.8) is 0 Å². The van der Waals surface area contributed by atoms with Crippen molar-refractivity contribution in [2.24, 2.45) is 0 Å². The minimum Gasteiger partial charge on any atom is -0.449 e. The van der Waals surface area contributed by atoms with E-state index in [0.29, 0.717) is 11.5 Å². The number of hydrogen-bond donors (Lipinski definition) is 0. The smallest absolute Gasteiger partial charge is 0.338 e. The van der Waals surface area contributed by atoms with E-state index in [2.05, 4.69) is 10.2 Å². The van der Waals surface area contributed by atoms with Crippen molar-refractivity contribution in [2.45, 2.75) is 45.6 Å². The molecule has 0 radical (unpaired) electrons. The number of carbonyl (C=O) groups excluding carboxylic acids is 1. The Morgan fingerprint density at radius 2 is 1.78 bits per heavy atom.